The molecule has 0 fully saturated rings. The topological polar surface area (TPSA) is 163 Å². The van der Waals surface area contributed by atoms with E-state index in [1.165, 1.54) is 20.4 Å². The first-order chi connectivity index (χ1) is 20.1. The Balaban J connectivity index is 1.64. The third-order valence-electron chi connectivity index (χ3n) is 5.63. The van der Waals surface area contributed by atoms with Gasteiger partial charge in [-0.15, -0.1) is 0 Å². The fourth-order valence-electron chi connectivity index (χ4n) is 3.74. The molecule has 0 radical (unpaired) electrons. The SMILES string of the molecule is CCOC(=O)C1=C(C)NC(=O)N[C@H]1c1ccc(OCC(=O)N/N=C\c2cc(I)c(OCC(=O)OC)c(I)c2)c(OC)c1. The van der Waals surface area contributed by atoms with Crippen LogP contribution in [0.2, 0.25) is 0 Å². The Morgan fingerprint density at radius 2 is 1.76 bits per heavy atom. The fraction of sp³-hybridized carbons (Fsp3) is 0.296. The van der Waals surface area contributed by atoms with Gasteiger partial charge in [-0.3, -0.25) is 4.79 Å². The summed E-state index contributed by atoms with van der Waals surface area (Å²) in [4.78, 5) is 48.4. The lowest BCUT2D eigenvalue weighted by Gasteiger charge is -2.28. The van der Waals surface area contributed by atoms with Crippen LogP contribution in [-0.2, 0) is 23.9 Å². The van der Waals surface area contributed by atoms with Gasteiger partial charge < -0.3 is 34.3 Å². The van der Waals surface area contributed by atoms with E-state index in [0.717, 1.165) is 7.14 Å². The molecule has 1 aliphatic rings. The van der Waals surface area contributed by atoms with E-state index in [9.17, 15) is 19.2 Å². The van der Waals surface area contributed by atoms with E-state index in [2.05, 4.69) is 71.1 Å². The van der Waals surface area contributed by atoms with Gasteiger partial charge in [0.05, 0.1) is 45.8 Å². The quantitative estimate of drug-likeness (QED) is 0.127. The smallest absolute Gasteiger partial charge is 0.343 e. The minimum atomic E-state index is -0.780. The first-order valence-corrected chi connectivity index (χ1v) is 14.5. The minimum Gasteiger partial charge on any atom is -0.493 e. The van der Waals surface area contributed by atoms with Crippen LogP contribution in [0.3, 0.4) is 0 Å². The molecule has 0 aromatic heterocycles. The number of hydrogen-bond donors (Lipinski definition) is 3. The Labute approximate surface area is 269 Å². The van der Waals surface area contributed by atoms with E-state index in [0.29, 0.717) is 22.6 Å². The third-order valence-corrected chi connectivity index (χ3v) is 7.23. The molecular formula is C27H28I2N4O9. The number of methoxy groups -OCH3 is 2. The standard InChI is InChI=1S/C27H28I2N4O9/c1-5-40-26(36)23-14(2)31-27(37)32-24(23)16-6-7-19(20(10-16)38-3)41-12-21(34)33-30-11-15-8-17(28)25(18(29)9-15)42-13-22(35)39-4/h6-11,24H,5,12-13H2,1-4H3,(H,33,34)(H2,31,32,37)/b30-11-/t24-/m0/s1. The summed E-state index contributed by atoms with van der Waals surface area (Å²) < 4.78 is 27.8. The van der Waals surface area contributed by atoms with Crippen LogP contribution in [0.25, 0.3) is 0 Å². The van der Waals surface area contributed by atoms with Gasteiger partial charge in [0.1, 0.15) is 5.75 Å². The summed E-state index contributed by atoms with van der Waals surface area (Å²) >= 11 is 4.15. The van der Waals surface area contributed by atoms with Crippen LogP contribution < -0.4 is 30.3 Å². The second-order valence-corrected chi connectivity index (χ2v) is 10.8. The second kappa shape index (κ2) is 15.6. The zero-order valence-electron chi connectivity index (χ0n) is 23.0. The molecule has 0 bridgehead atoms. The highest BCUT2D eigenvalue weighted by atomic mass is 127. The number of carbonyl (C=O) groups is 4. The van der Waals surface area contributed by atoms with E-state index in [4.69, 9.17) is 18.9 Å². The van der Waals surface area contributed by atoms with Gasteiger partial charge in [0.25, 0.3) is 5.91 Å². The first kappa shape index (κ1) is 32.9. The number of urea groups is 1. The zero-order valence-corrected chi connectivity index (χ0v) is 27.4. The zero-order chi connectivity index (χ0) is 30.8. The molecule has 2 aromatic rings. The van der Waals surface area contributed by atoms with Crippen molar-refractivity contribution < 1.29 is 42.9 Å². The number of amides is 3. The van der Waals surface area contributed by atoms with Crippen LogP contribution in [0.15, 0.2) is 46.7 Å². The normalized spacial score (nSPS) is 14.5. The Kier molecular flexibility index (Phi) is 12.2. The Morgan fingerprint density at radius 1 is 1.05 bits per heavy atom. The maximum Gasteiger partial charge on any atom is 0.343 e. The van der Waals surface area contributed by atoms with Crippen molar-refractivity contribution in [2.75, 3.05) is 34.0 Å². The van der Waals surface area contributed by atoms with Gasteiger partial charge in [0.15, 0.2) is 24.7 Å². The largest absolute Gasteiger partial charge is 0.493 e. The molecule has 3 rings (SSSR count). The van der Waals surface area contributed by atoms with Gasteiger partial charge in [-0.25, -0.2) is 19.8 Å². The summed E-state index contributed by atoms with van der Waals surface area (Å²) in [7, 11) is 2.71. The highest BCUT2D eigenvalue weighted by Gasteiger charge is 2.32. The number of rotatable bonds is 12. The van der Waals surface area contributed by atoms with Gasteiger partial charge in [0.2, 0.25) is 0 Å². The Morgan fingerprint density at radius 3 is 2.40 bits per heavy atom. The predicted molar refractivity (Wildman–Crippen MR) is 167 cm³/mol. The number of hydrogen-bond acceptors (Lipinski definition) is 10. The number of nitrogens with one attached hydrogen (secondary N) is 3. The molecule has 42 heavy (non-hydrogen) atoms. The minimum absolute atomic E-state index is 0.177. The van der Waals surface area contributed by atoms with Crippen molar-refractivity contribution in [1.29, 1.82) is 0 Å². The lowest BCUT2D eigenvalue weighted by molar-refractivity contribution is -0.143. The van der Waals surface area contributed by atoms with Crippen LogP contribution in [0.4, 0.5) is 4.79 Å². The molecule has 0 aliphatic carbocycles. The number of halogens is 2. The van der Waals surface area contributed by atoms with E-state index in [1.807, 2.05) is 0 Å². The van der Waals surface area contributed by atoms with Crippen LogP contribution in [0.1, 0.15) is 31.0 Å². The van der Waals surface area contributed by atoms with Crippen molar-refractivity contribution in [2.45, 2.75) is 19.9 Å². The fourth-order valence-corrected chi connectivity index (χ4v) is 5.87. The summed E-state index contributed by atoms with van der Waals surface area (Å²) in [6.45, 7) is 2.92. The summed E-state index contributed by atoms with van der Waals surface area (Å²) in [6.07, 6.45) is 1.46. The molecule has 0 saturated carbocycles. The summed E-state index contributed by atoms with van der Waals surface area (Å²) in [5.74, 6) is -0.468. The van der Waals surface area contributed by atoms with Crippen LogP contribution >= 0.6 is 45.2 Å². The summed E-state index contributed by atoms with van der Waals surface area (Å²) in [6, 6.07) is 7.15. The first-order valence-electron chi connectivity index (χ1n) is 12.3. The van der Waals surface area contributed by atoms with E-state index in [-0.39, 0.29) is 36.9 Å². The molecule has 3 N–H and O–H groups in total. The molecule has 1 heterocycles. The second-order valence-electron chi connectivity index (χ2n) is 8.46. The van der Waals surface area contributed by atoms with Crippen molar-refractivity contribution in [3.63, 3.8) is 0 Å². The number of nitrogens with zero attached hydrogens (tertiary/aromatic N) is 1. The van der Waals surface area contributed by atoms with Crippen molar-refractivity contribution in [3.05, 3.63) is 59.9 Å². The maximum absolute atomic E-state index is 12.6. The molecule has 2 aromatic carbocycles. The summed E-state index contributed by atoms with van der Waals surface area (Å²) in [5.41, 5.74) is 4.29. The third kappa shape index (κ3) is 8.70. The molecule has 3 amide bonds. The molecular weight excluding hydrogens is 778 g/mol. The van der Waals surface area contributed by atoms with Gasteiger partial charge in [-0.05, 0) is 94.4 Å². The molecule has 224 valence electrons. The average molecular weight is 806 g/mol. The number of benzene rings is 2. The maximum atomic E-state index is 12.6. The van der Waals surface area contributed by atoms with Crippen LogP contribution in [-0.4, -0.2) is 64.1 Å². The van der Waals surface area contributed by atoms with Crippen molar-refractivity contribution >= 4 is 75.3 Å². The molecule has 1 aliphatic heterocycles. The number of hydrazone groups is 1. The number of allylic oxidation sites excluding steroid dienone is 1. The van der Waals surface area contributed by atoms with Crippen molar-refractivity contribution in [2.24, 2.45) is 5.10 Å². The summed E-state index contributed by atoms with van der Waals surface area (Å²) in [5, 5.41) is 9.28. The lowest BCUT2D eigenvalue weighted by atomic mass is 9.95. The highest BCUT2D eigenvalue weighted by Crippen LogP contribution is 2.34. The van der Waals surface area contributed by atoms with Gasteiger partial charge in [-0.2, -0.15) is 5.10 Å². The highest BCUT2D eigenvalue weighted by molar-refractivity contribution is 14.1. The molecule has 1 atom stereocenters. The number of carbonyl (C=O) groups excluding carboxylic acids is 4. The Hall–Kier alpha value is -3.61. The van der Waals surface area contributed by atoms with E-state index < -0.39 is 29.9 Å². The Bertz CT molecular complexity index is 1410. The number of ether oxygens (including phenoxy) is 5. The monoisotopic (exact) mass is 806 g/mol. The molecule has 13 nitrogen and oxygen atoms in total. The predicted octanol–water partition coefficient (Wildman–Crippen LogP) is 3.18. The van der Waals surface area contributed by atoms with E-state index >= 15 is 0 Å². The van der Waals surface area contributed by atoms with Crippen molar-refractivity contribution in [1.82, 2.24) is 16.1 Å². The molecule has 0 unspecified atom stereocenters. The lowest BCUT2D eigenvalue weighted by Crippen LogP contribution is -2.45. The van der Waals surface area contributed by atoms with Gasteiger partial charge in [-0.1, -0.05) is 6.07 Å². The molecule has 0 saturated heterocycles. The van der Waals surface area contributed by atoms with E-state index in [1.54, 1.807) is 44.2 Å². The molecule has 15 heteroatoms. The number of esters is 2. The van der Waals surface area contributed by atoms with Crippen molar-refractivity contribution in [3.8, 4) is 17.2 Å². The molecule has 0 spiro atoms. The van der Waals surface area contributed by atoms with Gasteiger partial charge in [0, 0.05) is 5.70 Å². The van der Waals surface area contributed by atoms with Crippen LogP contribution in [0.5, 0.6) is 17.2 Å². The average Bonchev–Trinajstić information content (AvgIpc) is 2.95. The van der Waals surface area contributed by atoms with Gasteiger partial charge >= 0.3 is 18.0 Å². The van der Waals surface area contributed by atoms with Crippen LogP contribution in [0, 0.1) is 7.14 Å².